The van der Waals surface area contributed by atoms with Gasteiger partial charge in [-0.2, -0.15) is 5.10 Å². The van der Waals surface area contributed by atoms with Gasteiger partial charge in [0.25, 0.3) is 5.56 Å². The number of benzene rings is 1. The van der Waals surface area contributed by atoms with Gasteiger partial charge in [0.15, 0.2) is 5.16 Å². The number of thioether (sulfide) groups is 1. The molecule has 1 aromatic heterocycles. The number of hydrogen-bond acceptors (Lipinski definition) is 5. The summed E-state index contributed by atoms with van der Waals surface area (Å²) in [5.41, 5.74) is 0.214. The van der Waals surface area contributed by atoms with Crippen molar-refractivity contribution in [3.05, 3.63) is 52.4 Å². The van der Waals surface area contributed by atoms with Crippen molar-refractivity contribution in [3.8, 4) is 0 Å². The summed E-state index contributed by atoms with van der Waals surface area (Å²) in [6, 6.07) is 8.73. The summed E-state index contributed by atoms with van der Waals surface area (Å²) >= 11 is 0.935. The van der Waals surface area contributed by atoms with Crippen molar-refractivity contribution in [1.82, 2.24) is 15.2 Å². The zero-order valence-electron chi connectivity index (χ0n) is 9.11. The molecule has 1 aromatic carbocycles. The van der Waals surface area contributed by atoms with Crippen LogP contribution in [0.5, 0.6) is 0 Å². The topological polar surface area (TPSA) is 95.9 Å². The summed E-state index contributed by atoms with van der Waals surface area (Å²) in [4.78, 5) is 24.7. The zero-order chi connectivity index (χ0) is 13.0. The van der Waals surface area contributed by atoms with Gasteiger partial charge in [0, 0.05) is 0 Å². The van der Waals surface area contributed by atoms with E-state index in [-0.39, 0.29) is 5.16 Å². The molecular weight excluding hydrogens is 254 g/mol. The van der Waals surface area contributed by atoms with E-state index in [4.69, 9.17) is 0 Å². The zero-order valence-corrected chi connectivity index (χ0v) is 9.92. The molecule has 2 N–H and O–H groups in total. The van der Waals surface area contributed by atoms with Gasteiger partial charge in [-0.25, -0.2) is 0 Å². The van der Waals surface area contributed by atoms with Gasteiger partial charge >= 0.3 is 5.97 Å². The van der Waals surface area contributed by atoms with E-state index in [1.54, 1.807) is 30.3 Å². The number of carboxylic acid groups (broad SMARTS) is 1. The highest BCUT2D eigenvalue weighted by Crippen LogP contribution is 2.32. The van der Waals surface area contributed by atoms with Crippen LogP contribution in [0.2, 0.25) is 0 Å². The molecule has 0 aliphatic rings. The lowest BCUT2D eigenvalue weighted by Crippen LogP contribution is -2.12. The number of rotatable bonds is 4. The molecule has 1 atom stereocenters. The first kappa shape index (κ1) is 12.3. The van der Waals surface area contributed by atoms with E-state index >= 15 is 0 Å². The van der Waals surface area contributed by atoms with Crippen molar-refractivity contribution in [1.29, 1.82) is 0 Å². The smallest absolute Gasteiger partial charge is 0.321 e. The number of nitrogens with one attached hydrogen (secondary N) is 1. The van der Waals surface area contributed by atoms with E-state index in [0.29, 0.717) is 5.56 Å². The Kier molecular flexibility index (Phi) is 3.73. The van der Waals surface area contributed by atoms with Gasteiger partial charge in [-0.1, -0.05) is 42.1 Å². The first-order chi connectivity index (χ1) is 8.66. The van der Waals surface area contributed by atoms with Gasteiger partial charge in [0.2, 0.25) is 0 Å². The van der Waals surface area contributed by atoms with Crippen LogP contribution >= 0.6 is 11.8 Å². The van der Waals surface area contributed by atoms with Crippen LogP contribution < -0.4 is 5.56 Å². The summed E-state index contributed by atoms with van der Waals surface area (Å²) in [5.74, 6) is -1.00. The molecule has 2 rings (SSSR count). The van der Waals surface area contributed by atoms with Gasteiger partial charge in [-0.05, 0) is 5.56 Å². The average Bonchev–Trinajstić information content (AvgIpc) is 2.37. The van der Waals surface area contributed by atoms with Crippen molar-refractivity contribution in [2.24, 2.45) is 0 Å². The lowest BCUT2D eigenvalue weighted by molar-refractivity contribution is -0.136. The second-order valence-corrected chi connectivity index (χ2v) is 4.48. The van der Waals surface area contributed by atoms with Gasteiger partial charge in [0.1, 0.15) is 11.4 Å². The van der Waals surface area contributed by atoms with Crippen LogP contribution in [0.3, 0.4) is 0 Å². The highest BCUT2D eigenvalue weighted by atomic mass is 32.2. The summed E-state index contributed by atoms with van der Waals surface area (Å²) in [6.45, 7) is 0. The Morgan fingerprint density at radius 2 is 2.06 bits per heavy atom. The van der Waals surface area contributed by atoms with Crippen molar-refractivity contribution in [2.75, 3.05) is 0 Å². The number of carbonyl (C=O) groups is 1. The third kappa shape index (κ3) is 2.95. The van der Waals surface area contributed by atoms with Crippen LogP contribution in [0.15, 0.2) is 46.5 Å². The normalized spacial score (nSPS) is 12.0. The molecule has 0 saturated carbocycles. The van der Waals surface area contributed by atoms with Gasteiger partial charge < -0.3 is 5.11 Å². The molecule has 0 spiro atoms. The van der Waals surface area contributed by atoms with Crippen molar-refractivity contribution in [3.63, 3.8) is 0 Å². The second-order valence-electron chi connectivity index (χ2n) is 3.39. The Morgan fingerprint density at radius 3 is 2.67 bits per heavy atom. The fourth-order valence-electron chi connectivity index (χ4n) is 1.35. The lowest BCUT2D eigenvalue weighted by atomic mass is 10.1. The third-order valence-corrected chi connectivity index (χ3v) is 3.23. The van der Waals surface area contributed by atoms with Crippen LogP contribution in [-0.4, -0.2) is 26.3 Å². The van der Waals surface area contributed by atoms with Crippen molar-refractivity contribution < 1.29 is 9.90 Å². The SMILES string of the molecule is O=C(O)[C@@H](Sc1nncc(=O)[nH]1)c1ccccc1. The third-order valence-electron chi connectivity index (χ3n) is 2.11. The molecule has 0 amide bonds. The molecule has 92 valence electrons. The minimum absolute atomic E-state index is 0.179. The summed E-state index contributed by atoms with van der Waals surface area (Å²) < 4.78 is 0. The minimum Gasteiger partial charge on any atom is -0.480 e. The second kappa shape index (κ2) is 5.46. The van der Waals surface area contributed by atoms with E-state index in [2.05, 4.69) is 15.2 Å². The van der Waals surface area contributed by atoms with E-state index in [9.17, 15) is 14.7 Å². The molecule has 0 bridgehead atoms. The van der Waals surface area contributed by atoms with E-state index in [1.165, 1.54) is 0 Å². The fraction of sp³-hybridized carbons (Fsp3) is 0.0909. The summed E-state index contributed by atoms with van der Waals surface area (Å²) in [6.07, 6.45) is 1.03. The average molecular weight is 263 g/mol. The minimum atomic E-state index is -1.00. The van der Waals surface area contributed by atoms with Crippen LogP contribution in [0.1, 0.15) is 10.8 Å². The molecule has 18 heavy (non-hydrogen) atoms. The monoisotopic (exact) mass is 263 g/mol. The Hall–Kier alpha value is -2.15. The number of H-pyrrole nitrogens is 1. The molecule has 7 heteroatoms. The summed E-state index contributed by atoms with van der Waals surface area (Å²) in [7, 11) is 0. The van der Waals surface area contributed by atoms with Crippen LogP contribution in [0, 0.1) is 0 Å². The molecule has 0 aliphatic heterocycles. The highest BCUT2D eigenvalue weighted by Gasteiger charge is 2.22. The van der Waals surface area contributed by atoms with Crippen LogP contribution in [-0.2, 0) is 4.79 Å². The molecule has 2 aromatic rings. The molecule has 0 fully saturated rings. The predicted molar refractivity (Wildman–Crippen MR) is 65.3 cm³/mol. The maximum atomic E-state index is 11.2. The first-order valence-corrected chi connectivity index (χ1v) is 5.91. The van der Waals surface area contributed by atoms with Crippen LogP contribution in [0.25, 0.3) is 0 Å². The molecule has 0 unspecified atom stereocenters. The number of aliphatic carboxylic acids is 1. The fourth-order valence-corrected chi connectivity index (χ4v) is 2.22. The van der Waals surface area contributed by atoms with Gasteiger partial charge in [0.05, 0.1) is 0 Å². The van der Waals surface area contributed by atoms with E-state index < -0.39 is 16.8 Å². The number of hydrogen-bond donors (Lipinski definition) is 2. The Bertz CT molecular complexity index is 600. The summed E-state index contributed by atoms with van der Waals surface area (Å²) in [5, 5.41) is 15.7. The lowest BCUT2D eigenvalue weighted by Gasteiger charge is -2.10. The van der Waals surface area contributed by atoms with E-state index in [0.717, 1.165) is 18.0 Å². The maximum absolute atomic E-state index is 11.2. The predicted octanol–water partition coefficient (Wildman–Crippen LogP) is 1.08. The largest absolute Gasteiger partial charge is 0.480 e. The van der Waals surface area contributed by atoms with Gasteiger partial charge in [-0.3, -0.25) is 14.6 Å². The molecule has 0 aliphatic carbocycles. The van der Waals surface area contributed by atoms with E-state index in [1.807, 2.05) is 0 Å². The number of nitrogens with zero attached hydrogens (tertiary/aromatic N) is 2. The number of carboxylic acids is 1. The van der Waals surface area contributed by atoms with Crippen LogP contribution in [0.4, 0.5) is 0 Å². The Morgan fingerprint density at radius 1 is 1.33 bits per heavy atom. The highest BCUT2D eigenvalue weighted by molar-refractivity contribution is 8.00. The van der Waals surface area contributed by atoms with Crippen molar-refractivity contribution in [2.45, 2.75) is 10.4 Å². The maximum Gasteiger partial charge on any atom is 0.321 e. The van der Waals surface area contributed by atoms with Gasteiger partial charge in [-0.15, -0.1) is 5.10 Å². The number of aromatic nitrogens is 3. The Labute approximate surface area is 106 Å². The molecule has 1 heterocycles. The first-order valence-electron chi connectivity index (χ1n) is 5.03. The van der Waals surface area contributed by atoms with Crippen molar-refractivity contribution >= 4 is 17.7 Å². The molecular formula is C11H9N3O3S. The molecule has 0 saturated heterocycles. The quantitative estimate of drug-likeness (QED) is 0.801. The standard InChI is InChI=1S/C11H9N3O3S/c15-8-6-12-14-11(13-8)18-9(10(16)17)7-4-2-1-3-5-7/h1-6,9H,(H,16,17)(H,13,14,15)/t9-/m0/s1. The molecule has 6 nitrogen and oxygen atoms in total. The Balaban J connectivity index is 2.28. The molecule has 0 radical (unpaired) electrons. The number of aromatic amines is 1.